The van der Waals surface area contributed by atoms with E-state index in [0.717, 1.165) is 22.0 Å². The highest BCUT2D eigenvalue weighted by atomic mass is 35.5. The van der Waals surface area contributed by atoms with E-state index in [-0.39, 0.29) is 11.2 Å². The molecule has 0 saturated heterocycles. The summed E-state index contributed by atoms with van der Waals surface area (Å²) in [6.07, 6.45) is 0.710. The molecule has 0 atom stereocenters. The summed E-state index contributed by atoms with van der Waals surface area (Å²) in [4.78, 5) is 29.5. The van der Waals surface area contributed by atoms with Crippen molar-refractivity contribution in [3.8, 4) is 0 Å². The third-order valence-electron chi connectivity index (χ3n) is 3.17. The van der Waals surface area contributed by atoms with Crippen molar-refractivity contribution in [1.82, 2.24) is 15.3 Å². The van der Waals surface area contributed by atoms with Crippen molar-refractivity contribution in [2.75, 3.05) is 12.4 Å². The SMILES string of the molecule is CNC(=O)Nc1scnc1C(C)C.Cc1cc(C=O)c(Cl)nc1C. The molecule has 0 unspecified atom stereocenters. The highest BCUT2D eigenvalue weighted by Crippen LogP contribution is 2.26. The molecule has 2 aromatic rings. The van der Waals surface area contributed by atoms with Crippen LogP contribution in [0.2, 0.25) is 5.15 Å². The van der Waals surface area contributed by atoms with E-state index in [9.17, 15) is 9.59 Å². The maximum Gasteiger partial charge on any atom is 0.319 e. The molecule has 2 heterocycles. The number of thiazole rings is 1. The molecule has 8 heteroatoms. The van der Waals surface area contributed by atoms with Crippen molar-refractivity contribution in [3.63, 3.8) is 0 Å². The monoisotopic (exact) mass is 368 g/mol. The highest BCUT2D eigenvalue weighted by Gasteiger charge is 2.11. The molecular formula is C16H21ClN4O2S. The molecule has 2 rings (SSSR count). The van der Waals surface area contributed by atoms with Gasteiger partial charge in [-0.05, 0) is 31.4 Å². The van der Waals surface area contributed by atoms with E-state index in [2.05, 4.69) is 20.6 Å². The first-order valence-corrected chi connectivity index (χ1v) is 8.56. The summed E-state index contributed by atoms with van der Waals surface area (Å²) in [6.45, 7) is 7.84. The summed E-state index contributed by atoms with van der Waals surface area (Å²) in [5, 5.41) is 6.33. The van der Waals surface area contributed by atoms with Crippen LogP contribution < -0.4 is 10.6 Å². The van der Waals surface area contributed by atoms with E-state index in [1.807, 2.05) is 27.7 Å². The lowest BCUT2D eigenvalue weighted by molar-refractivity contribution is 0.112. The number of anilines is 1. The molecule has 130 valence electrons. The van der Waals surface area contributed by atoms with Crippen molar-refractivity contribution in [2.24, 2.45) is 0 Å². The molecule has 6 nitrogen and oxygen atoms in total. The summed E-state index contributed by atoms with van der Waals surface area (Å²) >= 11 is 7.10. The fourth-order valence-corrected chi connectivity index (χ4v) is 2.76. The molecule has 0 aliphatic rings. The highest BCUT2D eigenvalue weighted by molar-refractivity contribution is 7.14. The number of aryl methyl sites for hydroxylation is 2. The Kier molecular flexibility index (Phi) is 7.81. The van der Waals surface area contributed by atoms with Gasteiger partial charge in [0.05, 0.1) is 16.8 Å². The number of urea groups is 1. The van der Waals surface area contributed by atoms with Gasteiger partial charge >= 0.3 is 6.03 Å². The second-order valence-corrected chi connectivity index (χ2v) is 6.53. The van der Waals surface area contributed by atoms with Crippen LogP contribution in [0.4, 0.5) is 9.80 Å². The minimum Gasteiger partial charge on any atom is -0.341 e. The number of rotatable bonds is 3. The first-order chi connectivity index (χ1) is 11.3. The Labute approximate surface area is 150 Å². The number of carbonyl (C=O) groups is 2. The molecule has 0 spiro atoms. The first kappa shape index (κ1) is 20.1. The average molecular weight is 369 g/mol. The Morgan fingerprint density at radius 3 is 2.58 bits per heavy atom. The molecule has 2 aromatic heterocycles. The summed E-state index contributed by atoms with van der Waals surface area (Å²) in [6, 6.07) is 1.53. The molecule has 0 aromatic carbocycles. The molecular weight excluding hydrogens is 348 g/mol. The number of aromatic nitrogens is 2. The van der Waals surface area contributed by atoms with Gasteiger partial charge in [-0.3, -0.25) is 10.1 Å². The van der Waals surface area contributed by atoms with Crippen LogP contribution in [0.5, 0.6) is 0 Å². The summed E-state index contributed by atoms with van der Waals surface area (Å²) < 4.78 is 0. The number of pyridine rings is 1. The third kappa shape index (κ3) is 5.58. The Morgan fingerprint density at radius 1 is 1.38 bits per heavy atom. The van der Waals surface area contributed by atoms with Crippen LogP contribution in [-0.2, 0) is 0 Å². The Balaban J connectivity index is 0.000000243. The zero-order chi connectivity index (χ0) is 18.3. The number of carbonyl (C=O) groups excluding carboxylic acids is 2. The van der Waals surface area contributed by atoms with Crippen LogP contribution in [0.15, 0.2) is 11.6 Å². The lowest BCUT2D eigenvalue weighted by atomic mass is 10.1. The van der Waals surface area contributed by atoms with Crippen LogP contribution in [0.3, 0.4) is 0 Å². The van der Waals surface area contributed by atoms with Crippen molar-refractivity contribution in [2.45, 2.75) is 33.6 Å². The van der Waals surface area contributed by atoms with Crippen molar-refractivity contribution < 1.29 is 9.59 Å². The maximum atomic E-state index is 11.0. The fraction of sp³-hybridized carbons (Fsp3) is 0.375. The zero-order valence-electron chi connectivity index (χ0n) is 14.3. The Morgan fingerprint density at radius 2 is 2.04 bits per heavy atom. The van der Waals surface area contributed by atoms with Gasteiger partial charge in [-0.25, -0.2) is 14.8 Å². The molecule has 0 radical (unpaired) electrons. The molecule has 2 N–H and O–H groups in total. The van der Waals surface area contributed by atoms with E-state index in [0.29, 0.717) is 17.8 Å². The van der Waals surface area contributed by atoms with Gasteiger partial charge in [0.2, 0.25) is 0 Å². The minimum absolute atomic E-state index is 0.203. The van der Waals surface area contributed by atoms with Gasteiger partial charge in [0, 0.05) is 12.7 Å². The van der Waals surface area contributed by atoms with Crippen molar-refractivity contribution >= 4 is 40.3 Å². The molecule has 0 fully saturated rings. The molecule has 0 bridgehead atoms. The minimum atomic E-state index is -0.203. The molecule has 0 aliphatic carbocycles. The van der Waals surface area contributed by atoms with E-state index in [4.69, 9.17) is 11.6 Å². The van der Waals surface area contributed by atoms with E-state index < -0.39 is 0 Å². The van der Waals surface area contributed by atoms with Gasteiger partial charge in [-0.2, -0.15) is 0 Å². The summed E-state index contributed by atoms with van der Waals surface area (Å²) in [7, 11) is 1.59. The van der Waals surface area contributed by atoms with Crippen LogP contribution in [0.1, 0.15) is 47.1 Å². The zero-order valence-corrected chi connectivity index (χ0v) is 15.9. The third-order valence-corrected chi connectivity index (χ3v) is 4.23. The van der Waals surface area contributed by atoms with E-state index in [1.54, 1.807) is 18.6 Å². The molecule has 0 saturated carbocycles. The number of amides is 2. The second kappa shape index (κ2) is 9.34. The van der Waals surface area contributed by atoms with E-state index >= 15 is 0 Å². The Bertz CT molecular complexity index is 716. The topological polar surface area (TPSA) is 84.0 Å². The lowest BCUT2D eigenvalue weighted by Gasteiger charge is -2.06. The quantitative estimate of drug-likeness (QED) is 0.628. The van der Waals surface area contributed by atoms with Crippen molar-refractivity contribution in [1.29, 1.82) is 0 Å². The number of halogens is 1. The van der Waals surface area contributed by atoms with Crippen LogP contribution in [0, 0.1) is 13.8 Å². The van der Waals surface area contributed by atoms with Gasteiger partial charge in [0.15, 0.2) is 6.29 Å². The van der Waals surface area contributed by atoms with Gasteiger partial charge < -0.3 is 5.32 Å². The van der Waals surface area contributed by atoms with Crippen LogP contribution in [-0.4, -0.2) is 29.3 Å². The number of hydrogen-bond donors (Lipinski definition) is 2. The predicted molar refractivity (Wildman–Crippen MR) is 98.4 cm³/mol. The number of hydrogen-bond acceptors (Lipinski definition) is 5. The number of nitrogens with zero attached hydrogens (tertiary/aromatic N) is 2. The average Bonchev–Trinajstić information content (AvgIpc) is 2.99. The second-order valence-electron chi connectivity index (χ2n) is 5.31. The van der Waals surface area contributed by atoms with Crippen LogP contribution >= 0.6 is 22.9 Å². The summed E-state index contributed by atoms with van der Waals surface area (Å²) in [5.41, 5.74) is 4.97. The van der Waals surface area contributed by atoms with E-state index in [1.165, 1.54) is 11.3 Å². The van der Waals surface area contributed by atoms with Crippen LogP contribution in [0.25, 0.3) is 0 Å². The van der Waals surface area contributed by atoms with Gasteiger partial charge in [-0.1, -0.05) is 25.4 Å². The predicted octanol–water partition coefficient (Wildman–Crippen LogP) is 4.18. The maximum absolute atomic E-state index is 11.0. The number of aldehydes is 1. The first-order valence-electron chi connectivity index (χ1n) is 7.31. The lowest BCUT2D eigenvalue weighted by Crippen LogP contribution is -2.24. The van der Waals surface area contributed by atoms with Gasteiger partial charge in [0.1, 0.15) is 10.2 Å². The standard InChI is InChI=1S/C8H8ClNO.C8H13N3OS/c1-5-3-7(4-11)8(9)10-6(5)2;1-5(2)6-7(13-4-10-6)11-8(12)9-3/h3-4H,1-2H3;4-5H,1-3H3,(H2,9,11,12). The summed E-state index contributed by atoms with van der Waals surface area (Å²) in [5.74, 6) is 0.332. The smallest absolute Gasteiger partial charge is 0.319 e. The molecule has 2 amide bonds. The van der Waals surface area contributed by atoms with Crippen molar-refractivity contribution in [3.05, 3.63) is 39.2 Å². The largest absolute Gasteiger partial charge is 0.341 e. The number of nitrogens with one attached hydrogen (secondary N) is 2. The van der Waals surface area contributed by atoms with Gasteiger partial charge in [0.25, 0.3) is 0 Å². The Hall–Kier alpha value is -1.99. The molecule has 24 heavy (non-hydrogen) atoms. The molecule has 0 aliphatic heterocycles. The normalized spacial score (nSPS) is 9.96. The fourth-order valence-electron chi connectivity index (χ4n) is 1.71. The van der Waals surface area contributed by atoms with Gasteiger partial charge in [-0.15, -0.1) is 11.3 Å².